The first kappa shape index (κ1) is 15.4. The summed E-state index contributed by atoms with van der Waals surface area (Å²) in [5, 5.41) is 7.00. The fourth-order valence-electron chi connectivity index (χ4n) is 1.73. The molecule has 2 rings (SSSR count). The van der Waals surface area contributed by atoms with Crippen LogP contribution in [-0.4, -0.2) is 21.8 Å². The van der Waals surface area contributed by atoms with E-state index in [2.05, 4.69) is 11.9 Å². The summed E-state index contributed by atoms with van der Waals surface area (Å²) in [6.07, 6.45) is 3.15. The fourth-order valence-corrected chi connectivity index (χ4v) is 1.73. The van der Waals surface area contributed by atoms with E-state index in [1.165, 1.54) is 0 Å². The van der Waals surface area contributed by atoms with Gasteiger partial charge in [0.1, 0.15) is 5.56 Å². The molecule has 0 bridgehead atoms. The van der Waals surface area contributed by atoms with Crippen molar-refractivity contribution in [3.8, 4) is 0 Å². The van der Waals surface area contributed by atoms with Crippen LogP contribution in [0.15, 0.2) is 4.79 Å². The average Bonchev–Trinajstić information content (AvgIpc) is 2.29. The predicted molar refractivity (Wildman–Crippen MR) is 58.8 cm³/mol. The first-order valence-corrected chi connectivity index (χ1v) is 5.07. The van der Waals surface area contributed by atoms with Crippen LogP contribution in [0.3, 0.4) is 0 Å². The van der Waals surface area contributed by atoms with Gasteiger partial charge in [-0.2, -0.15) is 6.92 Å². The van der Waals surface area contributed by atoms with E-state index < -0.39 is 0 Å². The molecule has 16 heavy (non-hydrogen) atoms. The number of rotatable bonds is 0. The Kier molecular flexibility index (Phi) is 6.61. The van der Waals surface area contributed by atoms with E-state index in [9.17, 15) is 4.79 Å². The number of hydrogen-bond acceptors (Lipinski definition) is 3. The van der Waals surface area contributed by atoms with E-state index in [1.807, 2.05) is 6.92 Å². The first-order valence-electron chi connectivity index (χ1n) is 5.07. The number of aryl methyl sites for hydroxylation is 2. The van der Waals surface area contributed by atoms with Gasteiger partial charge in [-0.3, -0.25) is 0 Å². The minimum atomic E-state index is 0. The molecule has 0 unspecified atom stereocenters. The molecule has 0 fully saturated rings. The number of aromatic nitrogens is 2. The molecule has 0 saturated heterocycles. The smallest absolute Gasteiger partial charge is 0.144 e. The molecule has 0 aliphatic carbocycles. The maximum absolute atomic E-state index is 11.7. The topological polar surface area (TPSA) is 55.1 Å². The van der Waals surface area contributed by atoms with Gasteiger partial charge < -0.3 is 19.5 Å². The Labute approximate surface area is 110 Å². The summed E-state index contributed by atoms with van der Waals surface area (Å²) in [6, 6.07) is 0. The van der Waals surface area contributed by atoms with Gasteiger partial charge in [0.05, 0.1) is 5.82 Å². The molecule has 0 aromatic carbocycles. The van der Waals surface area contributed by atoms with Crippen molar-refractivity contribution in [1.82, 2.24) is 9.55 Å². The summed E-state index contributed by atoms with van der Waals surface area (Å²) in [5.74, 6) is 0.932. The van der Waals surface area contributed by atoms with Crippen LogP contribution in [0.2, 0.25) is 0 Å². The zero-order valence-electron chi connectivity index (χ0n) is 9.69. The van der Waals surface area contributed by atoms with Gasteiger partial charge in [0, 0.05) is 41.1 Å². The molecule has 0 amide bonds. The standard InChI is InChI=1S/C10H13N2O.CH4O.W/c1-7-8(2)11-9-5-3-4-6-12(9)10(7)13;1-2;/h1,3-6H2,2H3;2H,1H3;/q-1;;. The second-order valence-corrected chi connectivity index (χ2v) is 3.51. The van der Waals surface area contributed by atoms with Gasteiger partial charge >= 0.3 is 0 Å². The molecule has 1 aliphatic rings. The molecule has 1 N–H and O–H groups in total. The van der Waals surface area contributed by atoms with Crippen molar-refractivity contribution < 1.29 is 26.2 Å². The maximum atomic E-state index is 11.7. The summed E-state index contributed by atoms with van der Waals surface area (Å²) in [5.41, 5.74) is 1.37. The molecular weight excluding hydrogens is 376 g/mol. The van der Waals surface area contributed by atoms with Crippen LogP contribution in [0.4, 0.5) is 0 Å². The summed E-state index contributed by atoms with van der Waals surface area (Å²) in [6.45, 7) is 6.39. The number of aliphatic hydroxyl groups excluding tert-OH is 1. The molecule has 0 spiro atoms. The molecule has 1 aromatic rings. The Bertz CT molecular complexity index is 402. The van der Waals surface area contributed by atoms with E-state index >= 15 is 0 Å². The van der Waals surface area contributed by atoms with Crippen LogP contribution in [0.1, 0.15) is 29.9 Å². The Morgan fingerprint density at radius 3 is 2.62 bits per heavy atom. The number of nitrogens with zero attached hydrogens (tertiary/aromatic N) is 2. The number of aliphatic hydroxyl groups is 1. The van der Waals surface area contributed by atoms with E-state index in [-0.39, 0.29) is 26.6 Å². The fraction of sp³-hybridized carbons (Fsp3) is 0.545. The van der Waals surface area contributed by atoms with Crippen molar-refractivity contribution in [2.24, 2.45) is 0 Å². The van der Waals surface area contributed by atoms with Crippen LogP contribution in [0.5, 0.6) is 0 Å². The van der Waals surface area contributed by atoms with Gasteiger partial charge in [-0.05, 0) is 12.8 Å². The molecule has 90 valence electrons. The van der Waals surface area contributed by atoms with E-state index in [0.29, 0.717) is 5.56 Å². The summed E-state index contributed by atoms with van der Waals surface area (Å²) in [4.78, 5) is 16.1. The van der Waals surface area contributed by atoms with Crippen LogP contribution in [0.25, 0.3) is 0 Å². The summed E-state index contributed by atoms with van der Waals surface area (Å²) < 4.78 is 1.76. The molecular formula is C11H17N2O2W-. The van der Waals surface area contributed by atoms with Gasteiger partial charge in [-0.1, -0.05) is 12.6 Å². The molecule has 1 aromatic heterocycles. The van der Waals surface area contributed by atoms with Crippen molar-refractivity contribution in [1.29, 1.82) is 0 Å². The normalized spacial score (nSPS) is 12.9. The van der Waals surface area contributed by atoms with Crippen LogP contribution in [0, 0.1) is 13.8 Å². The Morgan fingerprint density at radius 1 is 1.38 bits per heavy atom. The zero-order valence-corrected chi connectivity index (χ0v) is 12.6. The van der Waals surface area contributed by atoms with Crippen molar-refractivity contribution in [2.45, 2.75) is 32.7 Å². The monoisotopic (exact) mass is 393 g/mol. The van der Waals surface area contributed by atoms with Gasteiger partial charge in [-0.15, -0.1) is 5.56 Å². The maximum Gasteiger partial charge on any atom is 0.144 e. The van der Waals surface area contributed by atoms with E-state index in [0.717, 1.165) is 44.4 Å². The Morgan fingerprint density at radius 2 is 2.00 bits per heavy atom. The first-order chi connectivity index (χ1) is 7.20. The van der Waals surface area contributed by atoms with Gasteiger partial charge in [0.25, 0.3) is 0 Å². The van der Waals surface area contributed by atoms with Crippen molar-refractivity contribution in [3.63, 3.8) is 0 Å². The van der Waals surface area contributed by atoms with Crippen molar-refractivity contribution in [3.05, 3.63) is 34.4 Å². The largest absolute Gasteiger partial charge is 0.400 e. The minimum absolute atomic E-state index is 0. The second kappa shape index (κ2) is 6.87. The molecule has 0 saturated carbocycles. The zero-order chi connectivity index (χ0) is 11.4. The number of fused-ring (bicyclic) bond motifs is 1. The third-order valence-electron chi connectivity index (χ3n) is 2.58. The summed E-state index contributed by atoms with van der Waals surface area (Å²) >= 11 is 0. The quantitative estimate of drug-likeness (QED) is 0.660. The number of hydrogen-bond donors (Lipinski definition) is 1. The second-order valence-electron chi connectivity index (χ2n) is 3.51. The Hall–Kier alpha value is -0.602. The van der Waals surface area contributed by atoms with Crippen molar-refractivity contribution in [2.75, 3.05) is 7.11 Å². The van der Waals surface area contributed by atoms with E-state index in [4.69, 9.17) is 5.11 Å². The predicted octanol–water partition coefficient (Wildman–Crippen LogP) is 0.676. The third-order valence-corrected chi connectivity index (χ3v) is 2.58. The Balaban J connectivity index is 0.000000711. The average molecular weight is 393 g/mol. The van der Waals surface area contributed by atoms with Gasteiger partial charge in [0.2, 0.25) is 0 Å². The van der Waals surface area contributed by atoms with Crippen LogP contribution in [-0.2, 0) is 34.0 Å². The molecule has 0 atom stereocenters. The van der Waals surface area contributed by atoms with E-state index in [1.54, 1.807) is 4.57 Å². The van der Waals surface area contributed by atoms with Gasteiger partial charge in [-0.25, -0.2) is 0 Å². The SMILES string of the molecule is CO.[CH2-]c1c(C)nc2n(c1=O)CCCC2.[W]. The molecule has 2 heterocycles. The van der Waals surface area contributed by atoms with Gasteiger partial charge in [0.15, 0.2) is 0 Å². The molecule has 4 nitrogen and oxygen atoms in total. The third kappa shape index (κ3) is 2.96. The minimum Gasteiger partial charge on any atom is -0.400 e. The molecule has 5 heteroatoms. The summed E-state index contributed by atoms with van der Waals surface area (Å²) in [7, 11) is 1.00. The molecule has 0 radical (unpaired) electrons. The van der Waals surface area contributed by atoms with Crippen LogP contribution >= 0.6 is 0 Å². The van der Waals surface area contributed by atoms with Crippen molar-refractivity contribution >= 4 is 0 Å². The van der Waals surface area contributed by atoms with Crippen LogP contribution < -0.4 is 5.56 Å². The molecule has 1 aliphatic heterocycles.